The summed E-state index contributed by atoms with van der Waals surface area (Å²) in [6.45, 7) is 0.883. The summed E-state index contributed by atoms with van der Waals surface area (Å²) in [5.41, 5.74) is 1.25. The lowest BCUT2D eigenvalue weighted by Crippen LogP contribution is -2.29. The second-order valence-electron chi connectivity index (χ2n) is 3.98. The summed E-state index contributed by atoms with van der Waals surface area (Å²) in [4.78, 5) is 0. The number of hydrogen-bond acceptors (Lipinski definition) is 2. The molecule has 0 bridgehead atoms. The van der Waals surface area contributed by atoms with Crippen LogP contribution in [0.5, 0.6) is 0 Å². The highest BCUT2D eigenvalue weighted by Crippen LogP contribution is 2.32. The molecule has 0 radical (unpaired) electrons. The van der Waals surface area contributed by atoms with Gasteiger partial charge in [0.2, 0.25) is 0 Å². The largest absolute Gasteiger partial charge is 0.376 e. The zero-order chi connectivity index (χ0) is 11.5. The molecule has 0 aliphatic carbocycles. The van der Waals surface area contributed by atoms with Crippen LogP contribution in [0.25, 0.3) is 0 Å². The molecule has 1 aliphatic heterocycles. The molecule has 1 saturated heterocycles. The van der Waals surface area contributed by atoms with Crippen LogP contribution >= 0.6 is 31.9 Å². The van der Waals surface area contributed by atoms with Gasteiger partial charge < -0.3 is 10.1 Å². The molecule has 0 aromatic heterocycles. The van der Waals surface area contributed by atoms with Gasteiger partial charge in [-0.05, 0) is 43.7 Å². The molecule has 1 fully saturated rings. The molecule has 2 unspecified atom stereocenters. The third-order valence-corrected chi connectivity index (χ3v) is 4.16. The van der Waals surface area contributed by atoms with Crippen LogP contribution in [0.15, 0.2) is 27.1 Å². The van der Waals surface area contributed by atoms with Crippen molar-refractivity contribution in [3.8, 4) is 0 Å². The van der Waals surface area contributed by atoms with E-state index < -0.39 is 0 Å². The second kappa shape index (κ2) is 5.63. The van der Waals surface area contributed by atoms with Gasteiger partial charge in [0, 0.05) is 15.6 Å². The molecule has 4 heteroatoms. The van der Waals surface area contributed by atoms with Gasteiger partial charge in [-0.15, -0.1) is 0 Å². The third-order valence-electron chi connectivity index (χ3n) is 2.94. The quantitative estimate of drug-likeness (QED) is 0.900. The van der Waals surface area contributed by atoms with Crippen LogP contribution in [0.2, 0.25) is 0 Å². The number of likely N-dealkylation sites (N-methyl/N-ethyl adjacent to an activating group) is 1. The molecule has 2 nitrogen and oxygen atoms in total. The monoisotopic (exact) mass is 347 g/mol. The molecule has 0 amide bonds. The summed E-state index contributed by atoms with van der Waals surface area (Å²) in [7, 11) is 1.99. The molecule has 0 saturated carbocycles. The highest BCUT2D eigenvalue weighted by molar-refractivity contribution is 9.11. The topological polar surface area (TPSA) is 21.3 Å². The van der Waals surface area contributed by atoms with Crippen LogP contribution in [0.3, 0.4) is 0 Å². The molecule has 88 valence electrons. The Morgan fingerprint density at radius 1 is 1.44 bits per heavy atom. The molecule has 1 aliphatic rings. The minimum atomic E-state index is 0.259. The van der Waals surface area contributed by atoms with Crippen LogP contribution in [0.4, 0.5) is 0 Å². The van der Waals surface area contributed by atoms with Crippen molar-refractivity contribution in [3.05, 3.63) is 32.7 Å². The second-order valence-corrected chi connectivity index (χ2v) is 5.75. The molecule has 0 spiro atoms. The van der Waals surface area contributed by atoms with E-state index in [9.17, 15) is 0 Å². The van der Waals surface area contributed by atoms with Crippen LogP contribution in [0, 0.1) is 0 Å². The fourth-order valence-corrected chi connectivity index (χ4v) is 3.03. The fraction of sp³-hybridized carbons (Fsp3) is 0.500. The van der Waals surface area contributed by atoms with E-state index in [0.29, 0.717) is 0 Å². The van der Waals surface area contributed by atoms with Crippen LogP contribution in [-0.2, 0) is 4.74 Å². The van der Waals surface area contributed by atoms with E-state index in [1.807, 2.05) is 13.1 Å². The van der Waals surface area contributed by atoms with E-state index in [-0.39, 0.29) is 12.1 Å². The van der Waals surface area contributed by atoms with Crippen LogP contribution < -0.4 is 5.32 Å². The van der Waals surface area contributed by atoms with Gasteiger partial charge in [0.1, 0.15) is 0 Å². The minimum absolute atomic E-state index is 0.259. The van der Waals surface area contributed by atoms with Gasteiger partial charge in [-0.3, -0.25) is 0 Å². The number of halogens is 2. The molecular weight excluding hydrogens is 334 g/mol. The molecule has 1 heterocycles. The van der Waals surface area contributed by atoms with Gasteiger partial charge in [0.15, 0.2) is 0 Å². The first kappa shape index (κ1) is 12.6. The Balaban J connectivity index is 2.28. The first-order chi connectivity index (χ1) is 7.72. The fourth-order valence-electron chi connectivity index (χ4n) is 2.16. The molecular formula is C12H15Br2NO. The van der Waals surface area contributed by atoms with Crippen molar-refractivity contribution in [2.24, 2.45) is 0 Å². The first-order valence-electron chi connectivity index (χ1n) is 5.46. The predicted molar refractivity (Wildman–Crippen MR) is 72.6 cm³/mol. The number of nitrogens with one attached hydrogen (secondary N) is 1. The van der Waals surface area contributed by atoms with E-state index in [2.05, 4.69) is 49.3 Å². The lowest BCUT2D eigenvalue weighted by Gasteiger charge is -2.24. The molecule has 1 aromatic rings. The number of rotatable bonds is 3. The average molecular weight is 349 g/mol. The Morgan fingerprint density at radius 2 is 2.25 bits per heavy atom. The standard InChI is InChI=1S/C12H15Br2NO/c1-15-12(11-3-2-6-16-11)9-7-8(13)4-5-10(9)14/h4-5,7,11-12,15H,2-3,6H2,1H3. The smallest absolute Gasteiger partial charge is 0.0770 e. The lowest BCUT2D eigenvalue weighted by atomic mass is 10.00. The minimum Gasteiger partial charge on any atom is -0.376 e. The van der Waals surface area contributed by atoms with Gasteiger partial charge in [-0.2, -0.15) is 0 Å². The summed E-state index contributed by atoms with van der Waals surface area (Å²) in [6, 6.07) is 6.51. The summed E-state index contributed by atoms with van der Waals surface area (Å²) < 4.78 is 7.99. The van der Waals surface area contributed by atoms with Gasteiger partial charge in [-0.1, -0.05) is 31.9 Å². The Morgan fingerprint density at radius 3 is 2.88 bits per heavy atom. The van der Waals surface area contributed by atoms with E-state index in [1.54, 1.807) is 0 Å². The molecule has 16 heavy (non-hydrogen) atoms. The van der Waals surface area contributed by atoms with E-state index >= 15 is 0 Å². The Kier molecular flexibility index (Phi) is 4.41. The number of ether oxygens (including phenoxy) is 1. The zero-order valence-electron chi connectivity index (χ0n) is 9.17. The maximum Gasteiger partial charge on any atom is 0.0770 e. The van der Waals surface area contributed by atoms with Crippen molar-refractivity contribution in [2.75, 3.05) is 13.7 Å². The van der Waals surface area contributed by atoms with E-state index in [1.165, 1.54) is 5.56 Å². The van der Waals surface area contributed by atoms with Gasteiger partial charge >= 0.3 is 0 Å². The van der Waals surface area contributed by atoms with Gasteiger partial charge in [-0.25, -0.2) is 0 Å². The molecule has 1 aromatic carbocycles. The lowest BCUT2D eigenvalue weighted by molar-refractivity contribution is 0.0805. The maximum atomic E-state index is 5.76. The zero-order valence-corrected chi connectivity index (χ0v) is 12.3. The summed E-state index contributed by atoms with van der Waals surface area (Å²) in [6.07, 6.45) is 2.58. The Hall–Kier alpha value is 0.1000. The highest BCUT2D eigenvalue weighted by Gasteiger charge is 2.27. The molecule has 2 rings (SSSR count). The van der Waals surface area contributed by atoms with Crippen molar-refractivity contribution in [3.63, 3.8) is 0 Å². The van der Waals surface area contributed by atoms with Gasteiger partial charge in [0.25, 0.3) is 0 Å². The van der Waals surface area contributed by atoms with Crippen molar-refractivity contribution in [1.82, 2.24) is 5.32 Å². The third kappa shape index (κ3) is 2.67. The SMILES string of the molecule is CNC(c1cc(Br)ccc1Br)C1CCCO1. The highest BCUT2D eigenvalue weighted by atomic mass is 79.9. The van der Waals surface area contributed by atoms with Crippen molar-refractivity contribution in [2.45, 2.75) is 25.0 Å². The normalized spacial score (nSPS) is 22.3. The average Bonchev–Trinajstić information content (AvgIpc) is 2.78. The van der Waals surface area contributed by atoms with Crippen molar-refractivity contribution < 1.29 is 4.74 Å². The predicted octanol–water partition coefficient (Wildman–Crippen LogP) is 3.65. The van der Waals surface area contributed by atoms with Crippen molar-refractivity contribution >= 4 is 31.9 Å². The molecule has 2 atom stereocenters. The maximum absolute atomic E-state index is 5.76. The summed E-state index contributed by atoms with van der Waals surface area (Å²) in [5.74, 6) is 0. The van der Waals surface area contributed by atoms with Crippen molar-refractivity contribution in [1.29, 1.82) is 0 Å². The first-order valence-corrected chi connectivity index (χ1v) is 7.05. The van der Waals surface area contributed by atoms with Crippen LogP contribution in [-0.4, -0.2) is 19.8 Å². The van der Waals surface area contributed by atoms with E-state index in [4.69, 9.17) is 4.74 Å². The molecule has 1 N–H and O–H groups in total. The van der Waals surface area contributed by atoms with E-state index in [0.717, 1.165) is 28.4 Å². The number of benzene rings is 1. The Labute approximate surface area is 113 Å². The van der Waals surface area contributed by atoms with Crippen LogP contribution in [0.1, 0.15) is 24.4 Å². The van der Waals surface area contributed by atoms with Gasteiger partial charge in [0.05, 0.1) is 12.1 Å². The summed E-state index contributed by atoms with van der Waals surface area (Å²) >= 11 is 7.12. The summed E-state index contributed by atoms with van der Waals surface area (Å²) in [5, 5.41) is 3.35. The Bertz CT molecular complexity index is 364. The number of hydrogen-bond donors (Lipinski definition) is 1.